The highest BCUT2D eigenvalue weighted by molar-refractivity contribution is 6.01. The van der Waals surface area contributed by atoms with Crippen molar-refractivity contribution < 1.29 is 14.0 Å². The molecule has 114 valence electrons. The molecule has 1 N–H and O–H groups in total. The van der Waals surface area contributed by atoms with Gasteiger partial charge in [-0.2, -0.15) is 0 Å². The van der Waals surface area contributed by atoms with Crippen LogP contribution in [0, 0.1) is 18.7 Å². The Morgan fingerprint density at radius 1 is 1.38 bits per heavy atom. The summed E-state index contributed by atoms with van der Waals surface area (Å²) in [6, 6.07) is 4.19. The monoisotopic (exact) mass is 292 g/mol. The van der Waals surface area contributed by atoms with E-state index in [2.05, 4.69) is 5.32 Å². The molecule has 5 heteroatoms. The molecule has 2 amide bonds. The number of anilines is 1. The highest BCUT2D eigenvalue weighted by Gasteiger charge is 2.32. The highest BCUT2D eigenvalue weighted by atomic mass is 19.1. The Kier molecular flexibility index (Phi) is 4.60. The second-order valence-electron chi connectivity index (χ2n) is 5.94. The van der Waals surface area contributed by atoms with Gasteiger partial charge in [-0.25, -0.2) is 4.39 Å². The van der Waals surface area contributed by atoms with Crippen LogP contribution in [0.25, 0.3) is 0 Å². The number of halogens is 1. The molecule has 2 rings (SSSR count). The predicted molar refractivity (Wildman–Crippen MR) is 79.5 cm³/mol. The van der Waals surface area contributed by atoms with Gasteiger partial charge in [0.1, 0.15) is 11.9 Å². The van der Waals surface area contributed by atoms with E-state index < -0.39 is 11.9 Å². The minimum absolute atomic E-state index is 0.163. The van der Waals surface area contributed by atoms with E-state index in [1.165, 1.54) is 11.0 Å². The minimum atomic E-state index is -0.583. The lowest BCUT2D eigenvalue weighted by Crippen LogP contribution is -2.45. The minimum Gasteiger partial charge on any atom is -0.344 e. The Hall–Kier alpha value is -1.91. The molecule has 1 aromatic rings. The van der Waals surface area contributed by atoms with Gasteiger partial charge in [-0.1, -0.05) is 19.9 Å². The molecule has 1 atom stereocenters. The maximum absolute atomic E-state index is 14.1. The molecule has 4 nitrogen and oxygen atoms in total. The van der Waals surface area contributed by atoms with Gasteiger partial charge in [-0.15, -0.1) is 0 Å². The fourth-order valence-corrected chi connectivity index (χ4v) is 2.54. The fraction of sp³-hybridized carbons (Fsp3) is 0.500. The van der Waals surface area contributed by atoms with E-state index in [4.69, 9.17) is 0 Å². The van der Waals surface area contributed by atoms with Gasteiger partial charge in [0, 0.05) is 13.0 Å². The first-order chi connectivity index (χ1) is 9.88. The summed E-state index contributed by atoms with van der Waals surface area (Å²) in [7, 11) is 0. The smallest absolute Gasteiger partial charge is 0.249 e. The van der Waals surface area contributed by atoms with Gasteiger partial charge in [-0.05, 0) is 37.0 Å². The molecule has 21 heavy (non-hydrogen) atoms. The first-order valence-corrected chi connectivity index (χ1v) is 7.25. The molecule has 1 aliphatic rings. The van der Waals surface area contributed by atoms with Crippen molar-refractivity contribution in [2.75, 3.05) is 11.4 Å². The van der Waals surface area contributed by atoms with Crippen LogP contribution in [0.1, 0.15) is 32.3 Å². The second-order valence-corrected chi connectivity index (χ2v) is 5.94. The molecule has 1 heterocycles. The van der Waals surface area contributed by atoms with E-state index in [1.807, 2.05) is 13.8 Å². The molecule has 0 aliphatic carbocycles. The van der Waals surface area contributed by atoms with Crippen molar-refractivity contribution in [3.05, 3.63) is 29.6 Å². The summed E-state index contributed by atoms with van der Waals surface area (Å²) in [6.07, 6.45) is 0.738. The number of carbonyl (C=O) groups is 2. The molecule has 0 radical (unpaired) electrons. The number of nitrogens with zero attached hydrogens (tertiary/aromatic N) is 1. The number of aryl methyl sites for hydroxylation is 1. The van der Waals surface area contributed by atoms with Crippen LogP contribution in [0.2, 0.25) is 0 Å². The van der Waals surface area contributed by atoms with Crippen LogP contribution in [0.5, 0.6) is 0 Å². The summed E-state index contributed by atoms with van der Waals surface area (Å²) in [4.78, 5) is 25.7. The SMILES string of the molecule is Cc1ccc(N2CCC(=O)NC(CC(C)C)C2=O)c(F)c1. The van der Waals surface area contributed by atoms with Gasteiger partial charge < -0.3 is 10.2 Å². The van der Waals surface area contributed by atoms with E-state index in [0.717, 1.165) is 5.56 Å². The van der Waals surface area contributed by atoms with Crippen molar-refractivity contribution in [2.45, 2.75) is 39.7 Å². The van der Waals surface area contributed by atoms with E-state index in [0.29, 0.717) is 6.42 Å². The van der Waals surface area contributed by atoms with Crippen molar-refractivity contribution in [2.24, 2.45) is 5.92 Å². The predicted octanol–water partition coefficient (Wildman–Crippen LogP) is 2.40. The number of rotatable bonds is 3. The van der Waals surface area contributed by atoms with Gasteiger partial charge in [0.15, 0.2) is 0 Å². The van der Waals surface area contributed by atoms with Crippen molar-refractivity contribution in [3.8, 4) is 0 Å². The molecule has 1 fully saturated rings. The van der Waals surface area contributed by atoms with E-state index in [-0.39, 0.29) is 36.4 Å². The third kappa shape index (κ3) is 3.60. The lowest BCUT2D eigenvalue weighted by Gasteiger charge is -2.25. The summed E-state index contributed by atoms with van der Waals surface area (Å²) < 4.78 is 14.1. The van der Waals surface area contributed by atoms with E-state index in [9.17, 15) is 14.0 Å². The number of nitrogens with one attached hydrogen (secondary N) is 1. The third-order valence-corrected chi connectivity index (χ3v) is 3.56. The maximum atomic E-state index is 14.1. The van der Waals surface area contributed by atoms with Crippen LogP contribution in [0.15, 0.2) is 18.2 Å². The summed E-state index contributed by atoms with van der Waals surface area (Å²) in [5.74, 6) is -0.565. The molecule has 1 saturated heterocycles. The summed E-state index contributed by atoms with van der Waals surface area (Å²) in [5, 5.41) is 2.74. The van der Waals surface area contributed by atoms with Crippen molar-refractivity contribution in [1.82, 2.24) is 5.32 Å². The average molecular weight is 292 g/mol. The summed E-state index contributed by atoms with van der Waals surface area (Å²) in [6.45, 7) is 5.98. The molecule has 0 saturated carbocycles. The summed E-state index contributed by atoms with van der Waals surface area (Å²) in [5.41, 5.74) is 1.04. The van der Waals surface area contributed by atoms with Crippen molar-refractivity contribution in [1.29, 1.82) is 0 Å². The van der Waals surface area contributed by atoms with Crippen LogP contribution in [-0.4, -0.2) is 24.4 Å². The molecular formula is C16H21FN2O2. The van der Waals surface area contributed by atoms with Crippen LogP contribution in [0.4, 0.5) is 10.1 Å². The number of carbonyl (C=O) groups excluding carboxylic acids is 2. The van der Waals surface area contributed by atoms with Crippen LogP contribution < -0.4 is 10.2 Å². The molecule has 0 aromatic heterocycles. The van der Waals surface area contributed by atoms with Gasteiger partial charge >= 0.3 is 0 Å². The molecule has 0 spiro atoms. The number of benzene rings is 1. The zero-order valence-electron chi connectivity index (χ0n) is 12.6. The van der Waals surface area contributed by atoms with Gasteiger partial charge in [0.25, 0.3) is 0 Å². The first kappa shape index (κ1) is 15.5. The standard InChI is InChI=1S/C16H21FN2O2/c1-10(2)8-13-16(21)19(7-6-15(20)18-13)14-5-4-11(3)9-12(14)17/h4-5,9-10,13H,6-8H2,1-3H3,(H,18,20). The zero-order chi connectivity index (χ0) is 15.6. The van der Waals surface area contributed by atoms with Gasteiger partial charge in [0.2, 0.25) is 11.8 Å². The van der Waals surface area contributed by atoms with Crippen LogP contribution in [-0.2, 0) is 9.59 Å². The largest absolute Gasteiger partial charge is 0.344 e. The molecular weight excluding hydrogens is 271 g/mol. The maximum Gasteiger partial charge on any atom is 0.249 e. The third-order valence-electron chi connectivity index (χ3n) is 3.56. The van der Waals surface area contributed by atoms with Crippen molar-refractivity contribution in [3.63, 3.8) is 0 Å². The van der Waals surface area contributed by atoms with Gasteiger partial charge in [-0.3, -0.25) is 9.59 Å². The molecule has 0 bridgehead atoms. The van der Waals surface area contributed by atoms with Crippen LogP contribution in [0.3, 0.4) is 0 Å². The second kappa shape index (κ2) is 6.24. The molecule has 1 aliphatic heterocycles. The van der Waals surface area contributed by atoms with Crippen LogP contribution >= 0.6 is 0 Å². The topological polar surface area (TPSA) is 49.4 Å². The Morgan fingerprint density at radius 3 is 2.71 bits per heavy atom. The molecule has 1 unspecified atom stereocenters. The van der Waals surface area contributed by atoms with Crippen molar-refractivity contribution >= 4 is 17.5 Å². The normalized spacial score (nSPS) is 19.7. The zero-order valence-corrected chi connectivity index (χ0v) is 12.6. The highest BCUT2D eigenvalue weighted by Crippen LogP contribution is 2.24. The van der Waals surface area contributed by atoms with E-state index >= 15 is 0 Å². The quantitative estimate of drug-likeness (QED) is 0.930. The Labute approximate surface area is 124 Å². The first-order valence-electron chi connectivity index (χ1n) is 7.25. The lowest BCUT2D eigenvalue weighted by molar-refractivity contribution is -0.125. The summed E-state index contributed by atoms with van der Waals surface area (Å²) >= 11 is 0. The number of hydrogen-bond donors (Lipinski definition) is 1. The number of hydrogen-bond acceptors (Lipinski definition) is 2. The van der Waals surface area contributed by atoms with Gasteiger partial charge in [0.05, 0.1) is 5.69 Å². The average Bonchev–Trinajstić information content (AvgIpc) is 2.51. The number of amides is 2. The fourth-order valence-electron chi connectivity index (χ4n) is 2.54. The Balaban J connectivity index is 2.32. The molecule has 1 aromatic carbocycles. The Morgan fingerprint density at radius 2 is 2.10 bits per heavy atom. The van der Waals surface area contributed by atoms with E-state index in [1.54, 1.807) is 19.1 Å². The lowest BCUT2D eigenvalue weighted by atomic mass is 10.0. The Bertz CT molecular complexity index is 557.